The van der Waals surface area contributed by atoms with Gasteiger partial charge in [-0.15, -0.1) is 0 Å². The Hall–Kier alpha value is -6.89. The van der Waals surface area contributed by atoms with Gasteiger partial charge in [0.05, 0.1) is 18.5 Å². The molecule has 0 aromatic heterocycles. The van der Waals surface area contributed by atoms with Gasteiger partial charge in [0.2, 0.25) is 23.6 Å². The van der Waals surface area contributed by atoms with Crippen molar-refractivity contribution in [2.75, 3.05) is 16.9 Å². The zero-order valence-electron chi connectivity index (χ0n) is 29.9. The number of nitrogens with zero attached hydrogens (tertiary/aromatic N) is 2. The Morgan fingerprint density at radius 2 is 1.11 bits per heavy atom. The van der Waals surface area contributed by atoms with E-state index in [-0.39, 0.29) is 30.3 Å². The van der Waals surface area contributed by atoms with Crippen LogP contribution in [0.1, 0.15) is 61.1 Å². The van der Waals surface area contributed by atoms with Crippen molar-refractivity contribution in [1.82, 2.24) is 10.4 Å². The first-order valence-corrected chi connectivity index (χ1v) is 16.5. The van der Waals surface area contributed by atoms with Crippen molar-refractivity contribution in [2.24, 2.45) is 11.6 Å². The third kappa shape index (κ3) is 12.4. The third-order valence-corrected chi connectivity index (χ3v) is 7.21. The van der Waals surface area contributed by atoms with Gasteiger partial charge < -0.3 is 15.8 Å². The van der Waals surface area contributed by atoms with E-state index in [1.54, 1.807) is 118 Å². The summed E-state index contributed by atoms with van der Waals surface area (Å²) in [6, 6.07) is 27.8. The Balaban J connectivity index is 1.54. The minimum atomic E-state index is -0.920. The largest absolute Gasteiger partial charge is 0.442 e. The molecule has 0 aliphatic carbocycles. The fraction of sp³-hybridized carbons (Fsp3) is 0.195. The second-order valence-electron chi connectivity index (χ2n) is 12.8. The highest BCUT2D eigenvalue weighted by atomic mass is 16.6. The summed E-state index contributed by atoms with van der Waals surface area (Å²) < 4.78 is 5.64. The van der Waals surface area contributed by atoms with Crippen molar-refractivity contribution in [1.29, 1.82) is 0 Å². The molecule has 4 rings (SSSR count). The molecule has 0 aliphatic heterocycles. The second-order valence-corrected chi connectivity index (χ2v) is 12.8. The van der Waals surface area contributed by atoms with Crippen LogP contribution in [0, 0.1) is 23.7 Å². The molecule has 6 N–H and O–H groups in total. The van der Waals surface area contributed by atoms with Crippen LogP contribution in [0.3, 0.4) is 0 Å². The SMILES string of the molecule is CC(=O)Nc1ccc(C#Cc2ccc(CC(=O)N(CC(N)=O)N(C(=O)OC(C)(C)C)c3ccc(C#Cc4ccc(CC(=O)NN)cc4)cc3)cc2)cc1. The molecule has 270 valence electrons. The first-order chi connectivity index (χ1) is 25.2. The highest BCUT2D eigenvalue weighted by Crippen LogP contribution is 2.23. The van der Waals surface area contributed by atoms with E-state index in [1.807, 2.05) is 0 Å². The van der Waals surface area contributed by atoms with Gasteiger partial charge in [-0.3, -0.25) is 24.6 Å². The first kappa shape index (κ1) is 38.9. The lowest BCUT2D eigenvalue weighted by molar-refractivity contribution is -0.135. The number of carbonyl (C=O) groups excluding carboxylic acids is 5. The number of carbonyl (C=O) groups is 5. The summed E-state index contributed by atoms with van der Waals surface area (Å²) in [5, 5.41) is 4.69. The topological polar surface area (TPSA) is 177 Å². The summed E-state index contributed by atoms with van der Waals surface area (Å²) in [4.78, 5) is 62.4. The number of nitrogens with one attached hydrogen (secondary N) is 2. The van der Waals surface area contributed by atoms with Crippen molar-refractivity contribution < 1.29 is 28.7 Å². The predicted octanol–water partition coefficient (Wildman–Crippen LogP) is 4.19. The number of benzene rings is 4. The van der Waals surface area contributed by atoms with Crippen LogP contribution in [0.15, 0.2) is 97.1 Å². The van der Waals surface area contributed by atoms with Crippen molar-refractivity contribution in [3.05, 3.63) is 130 Å². The Morgan fingerprint density at radius 3 is 1.53 bits per heavy atom. The maximum absolute atomic E-state index is 13.8. The molecule has 0 spiro atoms. The minimum Gasteiger partial charge on any atom is -0.442 e. The van der Waals surface area contributed by atoms with E-state index in [0.29, 0.717) is 27.9 Å². The summed E-state index contributed by atoms with van der Waals surface area (Å²) >= 11 is 0. The highest BCUT2D eigenvalue weighted by Gasteiger charge is 2.32. The number of amides is 5. The van der Waals surface area contributed by atoms with Crippen LogP contribution in [-0.2, 0) is 36.8 Å². The van der Waals surface area contributed by atoms with Crippen molar-refractivity contribution >= 4 is 41.1 Å². The van der Waals surface area contributed by atoms with Crippen LogP contribution in [0.2, 0.25) is 0 Å². The number of anilines is 2. The molecule has 4 aromatic rings. The lowest BCUT2D eigenvalue weighted by atomic mass is 10.1. The molecular weight excluding hydrogens is 672 g/mol. The van der Waals surface area contributed by atoms with E-state index in [1.165, 1.54) is 6.92 Å². The number of hydrogen-bond donors (Lipinski definition) is 4. The number of rotatable bonds is 8. The van der Waals surface area contributed by atoms with Gasteiger partial charge in [0.15, 0.2) is 0 Å². The van der Waals surface area contributed by atoms with Crippen LogP contribution in [0.4, 0.5) is 16.2 Å². The van der Waals surface area contributed by atoms with E-state index in [9.17, 15) is 24.0 Å². The van der Waals surface area contributed by atoms with Gasteiger partial charge in [-0.05, 0) is 105 Å². The average Bonchev–Trinajstić information content (AvgIpc) is 3.10. The first-order valence-electron chi connectivity index (χ1n) is 16.5. The third-order valence-electron chi connectivity index (χ3n) is 7.21. The molecule has 12 heteroatoms. The molecule has 0 radical (unpaired) electrons. The summed E-state index contributed by atoms with van der Waals surface area (Å²) in [7, 11) is 0. The molecule has 0 saturated heterocycles. The monoisotopic (exact) mass is 712 g/mol. The Labute approximate surface area is 308 Å². The molecular formula is C41H40N6O6. The molecule has 0 fully saturated rings. The highest BCUT2D eigenvalue weighted by molar-refractivity contribution is 5.95. The number of ether oxygens (including phenoxy) is 1. The van der Waals surface area contributed by atoms with Crippen LogP contribution in [-0.4, -0.2) is 46.9 Å². The molecule has 0 aliphatic rings. The zero-order valence-corrected chi connectivity index (χ0v) is 29.9. The molecule has 5 amide bonds. The summed E-state index contributed by atoms with van der Waals surface area (Å²) in [5.41, 5.74) is 11.8. The Kier molecular flexibility index (Phi) is 13.1. The standard InChI is InChI=1S/C41H40N6O6/c1-28(48)44-35-21-17-31(18-22-35)7-5-30-11-15-34(16-12-30)26-39(51)46(27-37(42)49)47(40(52)53-41(2,3)4)36-23-19-32(20-24-36)8-6-29-9-13-33(14-10-29)25-38(50)45-43/h9-24H,25-27,43H2,1-4H3,(H2,42,49)(H,44,48)(H,45,50). The van der Waals surface area contributed by atoms with Gasteiger partial charge in [0.25, 0.3) is 0 Å². The van der Waals surface area contributed by atoms with Gasteiger partial charge in [0, 0.05) is 34.9 Å². The van der Waals surface area contributed by atoms with Gasteiger partial charge in [-0.25, -0.2) is 15.6 Å². The van der Waals surface area contributed by atoms with Gasteiger partial charge >= 0.3 is 6.09 Å². The maximum Gasteiger partial charge on any atom is 0.434 e. The number of hydrazine groups is 2. The lowest BCUT2D eigenvalue weighted by Crippen LogP contribution is -2.54. The average molecular weight is 713 g/mol. The zero-order chi connectivity index (χ0) is 38.5. The predicted molar refractivity (Wildman–Crippen MR) is 201 cm³/mol. The number of nitrogens with two attached hydrogens (primary N) is 2. The fourth-order valence-electron chi connectivity index (χ4n) is 4.80. The Bertz CT molecular complexity index is 2080. The molecule has 12 nitrogen and oxygen atoms in total. The van der Waals surface area contributed by atoms with Gasteiger partial charge in [0.1, 0.15) is 12.1 Å². The van der Waals surface area contributed by atoms with Crippen LogP contribution in [0.5, 0.6) is 0 Å². The second kappa shape index (κ2) is 17.9. The molecule has 0 bridgehead atoms. The van der Waals surface area contributed by atoms with Crippen LogP contribution >= 0.6 is 0 Å². The van der Waals surface area contributed by atoms with E-state index in [0.717, 1.165) is 21.1 Å². The van der Waals surface area contributed by atoms with Gasteiger partial charge in [-0.1, -0.05) is 47.9 Å². The maximum atomic E-state index is 13.8. The molecule has 53 heavy (non-hydrogen) atoms. The quantitative estimate of drug-likeness (QED) is 0.0916. The van der Waals surface area contributed by atoms with E-state index in [2.05, 4.69) is 34.4 Å². The summed E-state index contributed by atoms with van der Waals surface area (Å²) in [5.74, 6) is 15.5. The van der Waals surface area contributed by atoms with E-state index in [4.69, 9.17) is 16.3 Å². The summed E-state index contributed by atoms with van der Waals surface area (Å²) in [6.45, 7) is 5.91. The molecule has 0 atom stereocenters. The van der Waals surface area contributed by atoms with Gasteiger partial charge in [-0.2, -0.15) is 5.01 Å². The van der Waals surface area contributed by atoms with Crippen molar-refractivity contribution in [3.8, 4) is 23.7 Å². The van der Waals surface area contributed by atoms with E-state index < -0.39 is 30.1 Å². The molecule has 0 heterocycles. The van der Waals surface area contributed by atoms with Crippen LogP contribution in [0.25, 0.3) is 0 Å². The van der Waals surface area contributed by atoms with Crippen LogP contribution < -0.4 is 27.3 Å². The lowest BCUT2D eigenvalue weighted by Gasteiger charge is -2.35. The summed E-state index contributed by atoms with van der Waals surface area (Å²) in [6.07, 6.45) is -0.897. The fourth-order valence-corrected chi connectivity index (χ4v) is 4.80. The number of primary amides is 1. The number of hydrogen-bond acceptors (Lipinski definition) is 7. The molecule has 4 aromatic carbocycles. The van der Waals surface area contributed by atoms with Crippen molar-refractivity contribution in [3.63, 3.8) is 0 Å². The normalized spacial score (nSPS) is 10.4. The minimum absolute atomic E-state index is 0.150. The molecule has 0 unspecified atom stereocenters. The molecule has 0 saturated carbocycles. The van der Waals surface area contributed by atoms with Crippen molar-refractivity contribution in [2.45, 2.75) is 46.1 Å². The smallest absolute Gasteiger partial charge is 0.434 e. The van der Waals surface area contributed by atoms with E-state index >= 15 is 0 Å². The Morgan fingerprint density at radius 1 is 0.679 bits per heavy atom.